The largest absolute Gasteiger partial charge is 0.467 e. The van der Waals surface area contributed by atoms with Gasteiger partial charge in [0.15, 0.2) is 5.69 Å². The number of pyridine rings is 1. The Balaban J connectivity index is 1.63. The number of carbonyl (C=O) groups is 1. The van der Waals surface area contributed by atoms with Crippen molar-refractivity contribution in [1.29, 1.82) is 0 Å². The van der Waals surface area contributed by atoms with Crippen LogP contribution in [-0.2, 0) is 6.54 Å². The minimum absolute atomic E-state index is 0.222. The SMILES string of the molecule is Cc1cc(-c2ccccc2)cc2cc(C(=O)NCc3ccco3)nn12. The van der Waals surface area contributed by atoms with Crippen molar-refractivity contribution < 1.29 is 9.21 Å². The van der Waals surface area contributed by atoms with Gasteiger partial charge < -0.3 is 9.73 Å². The maximum Gasteiger partial charge on any atom is 0.272 e. The van der Waals surface area contributed by atoms with Gasteiger partial charge in [-0.3, -0.25) is 4.79 Å². The van der Waals surface area contributed by atoms with Gasteiger partial charge in [0.25, 0.3) is 5.91 Å². The number of nitrogens with zero attached hydrogens (tertiary/aromatic N) is 2. The summed E-state index contributed by atoms with van der Waals surface area (Å²) >= 11 is 0. The Morgan fingerprint density at radius 3 is 2.68 bits per heavy atom. The zero-order valence-electron chi connectivity index (χ0n) is 13.8. The average Bonchev–Trinajstić information content (AvgIpc) is 3.30. The number of rotatable bonds is 4. The highest BCUT2D eigenvalue weighted by Gasteiger charge is 2.13. The number of aryl methyl sites for hydroxylation is 1. The number of benzene rings is 1. The molecule has 0 radical (unpaired) electrons. The van der Waals surface area contributed by atoms with Gasteiger partial charge in [0.05, 0.1) is 18.3 Å². The van der Waals surface area contributed by atoms with Gasteiger partial charge in [-0.05, 0) is 48.4 Å². The predicted molar refractivity (Wildman–Crippen MR) is 95.2 cm³/mol. The first-order valence-corrected chi connectivity index (χ1v) is 8.07. The number of hydrogen-bond donors (Lipinski definition) is 1. The molecular weight excluding hydrogens is 314 g/mol. The molecule has 5 heteroatoms. The van der Waals surface area contributed by atoms with Crippen LogP contribution in [0.2, 0.25) is 0 Å². The van der Waals surface area contributed by atoms with Crippen LogP contribution in [0.1, 0.15) is 21.9 Å². The second-order valence-electron chi connectivity index (χ2n) is 5.88. The fourth-order valence-corrected chi connectivity index (χ4v) is 2.85. The summed E-state index contributed by atoms with van der Waals surface area (Å²) in [5, 5.41) is 7.24. The lowest BCUT2D eigenvalue weighted by Crippen LogP contribution is -2.23. The highest BCUT2D eigenvalue weighted by atomic mass is 16.3. The fourth-order valence-electron chi connectivity index (χ4n) is 2.85. The summed E-state index contributed by atoms with van der Waals surface area (Å²) in [6.45, 7) is 2.32. The maximum absolute atomic E-state index is 12.3. The van der Waals surface area contributed by atoms with Crippen LogP contribution in [-0.4, -0.2) is 15.5 Å². The third-order valence-corrected chi connectivity index (χ3v) is 4.08. The summed E-state index contributed by atoms with van der Waals surface area (Å²) in [6, 6.07) is 19.7. The van der Waals surface area contributed by atoms with E-state index in [2.05, 4.69) is 28.6 Å². The van der Waals surface area contributed by atoms with E-state index in [0.29, 0.717) is 18.0 Å². The molecule has 1 amide bonds. The summed E-state index contributed by atoms with van der Waals surface area (Å²) in [7, 11) is 0. The Bertz CT molecular complexity index is 1020. The molecule has 25 heavy (non-hydrogen) atoms. The van der Waals surface area contributed by atoms with Crippen LogP contribution >= 0.6 is 0 Å². The minimum atomic E-state index is -0.222. The number of amides is 1. The van der Waals surface area contributed by atoms with Gasteiger partial charge in [0, 0.05) is 5.69 Å². The van der Waals surface area contributed by atoms with E-state index in [-0.39, 0.29) is 5.91 Å². The lowest BCUT2D eigenvalue weighted by atomic mass is 10.1. The van der Waals surface area contributed by atoms with Gasteiger partial charge in [0.1, 0.15) is 5.76 Å². The highest BCUT2D eigenvalue weighted by molar-refractivity contribution is 5.93. The lowest BCUT2D eigenvalue weighted by molar-refractivity contribution is 0.0942. The van der Waals surface area contributed by atoms with Crippen LogP contribution in [0.3, 0.4) is 0 Å². The summed E-state index contributed by atoms with van der Waals surface area (Å²) in [4.78, 5) is 12.3. The fraction of sp³-hybridized carbons (Fsp3) is 0.100. The lowest BCUT2D eigenvalue weighted by Gasteiger charge is -2.05. The van der Waals surface area contributed by atoms with E-state index >= 15 is 0 Å². The van der Waals surface area contributed by atoms with Crippen molar-refractivity contribution in [2.75, 3.05) is 0 Å². The van der Waals surface area contributed by atoms with E-state index in [0.717, 1.165) is 22.3 Å². The van der Waals surface area contributed by atoms with Crippen LogP contribution in [0, 0.1) is 6.92 Å². The summed E-state index contributed by atoms with van der Waals surface area (Å²) < 4.78 is 7.01. The Morgan fingerprint density at radius 1 is 1.08 bits per heavy atom. The minimum Gasteiger partial charge on any atom is -0.467 e. The van der Waals surface area contributed by atoms with Gasteiger partial charge in [-0.15, -0.1) is 0 Å². The molecule has 0 spiro atoms. The zero-order valence-corrected chi connectivity index (χ0v) is 13.8. The zero-order chi connectivity index (χ0) is 17.2. The van der Waals surface area contributed by atoms with Gasteiger partial charge in [-0.25, -0.2) is 4.52 Å². The number of fused-ring (bicyclic) bond motifs is 1. The summed E-state index contributed by atoms with van der Waals surface area (Å²) in [5.41, 5.74) is 4.49. The predicted octanol–water partition coefficient (Wildman–Crippen LogP) is 3.83. The van der Waals surface area contributed by atoms with Gasteiger partial charge in [0.2, 0.25) is 0 Å². The van der Waals surface area contributed by atoms with E-state index < -0.39 is 0 Å². The Morgan fingerprint density at radius 2 is 1.92 bits per heavy atom. The first kappa shape index (κ1) is 15.2. The number of nitrogens with one attached hydrogen (secondary N) is 1. The molecule has 124 valence electrons. The van der Waals surface area contributed by atoms with Gasteiger partial charge in [-0.2, -0.15) is 5.10 Å². The topological polar surface area (TPSA) is 59.5 Å². The first-order valence-electron chi connectivity index (χ1n) is 8.07. The molecule has 0 bridgehead atoms. The third-order valence-electron chi connectivity index (χ3n) is 4.08. The number of hydrogen-bond acceptors (Lipinski definition) is 3. The second kappa shape index (κ2) is 6.28. The molecule has 0 aliphatic carbocycles. The van der Waals surface area contributed by atoms with Gasteiger partial charge in [-0.1, -0.05) is 30.3 Å². The van der Waals surface area contributed by atoms with E-state index in [1.54, 1.807) is 22.9 Å². The number of furan rings is 1. The molecular formula is C20H17N3O2. The van der Waals surface area contributed by atoms with Crippen molar-refractivity contribution >= 4 is 11.4 Å². The molecule has 0 fully saturated rings. The van der Waals surface area contributed by atoms with Crippen LogP contribution in [0.5, 0.6) is 0 Å². The Kier molecular flexibility index (Phi) is 3.82. The van der Waals surface area contributed by atoms with Crippen LogP contribution in [0.25, 0.3) is 16.6 Å². The van der Waals surface area contributed by atoms with Crippen molar-refractivity contribution in [2.24, 2.45) is 0 Å². The quantitative estimate of drug-likeness (QED) is 0.618. The molecule has 0 aliphatic rings. The van der Waals surface area contributed by atoms with Crippen molar-refractivity contribution in [2.45, 2.75) is 13.5 Å². The molecule has 0 saturated heterocycles. The number of aromatic nitrogens is 2. The molecule has 0 unspecified atom stereocenters. The van der Waals surface area contributed by atoms with E-state index in [1.165, 1.54) is 0 Å². The van der Waals surface area contributed by atoms with Crippen LogP contribution < -0.4 is 5.32 Å². The first-order chi connectivity index (χ1) is 12.2. The Hall–Kier alpha value is -3.34. The molecule has 5 nitrogen and oxygen atoms in total. The van der Waals surface area contributed by atoms with Crippen molar-refractivity contribution in [3.8, 4) is 11.1 Å². The molecule has 3 heterocycles. The average molecular weight is 331 g/mol. The monoisotopic (exact) mass is 331 g/mol. The summed E-state index contributed by atoms with van der Waals surface area (Å²) in [6.07, 6.45) is 1.58. The van der Waals surface area contributed by atoms with E-state index in [9.17, 15) is 4.79 Å². The molecule has 3 aromatic heterocycles. The molecule has 1 N–H and O–H groups in total. The summed E-state index contributed by atoms with van der Waals surface area (Å²) in [5.74, 6) is 0.486. The third kappa shape index (κ3) is 3.04. The van der Waals surface area contributed by atoms with Gasteiger partial charge >= 0.3 is 0 Å². The van der Waals surface area contributed by atoms with E-state index in [1.807, 2.05) is 37.3 Å². The van der Waals surface area contributed by atoms with Crippen LogP contribution in [0.15, 0.2) is 71.3 Å². The van der Waals surface area contributed by atoms with E-state index in [4.69, 9.17) is 4.42 Å². The molecule has 1 aromatic carbocycles. The maximum atomic E-state index is 12.3. The molecule has 4 aromatic rings. The van der Waals surface area contributed by atoms with Crippen molar-refractivity contribution in [1.82, 2.24) is 14.9 Å². The van der Waals surface area contributed by atoms with Crippen LogP contribution in [0.4, 0.5) is 0 Å². The highest BCUT2D eigenvalue weighted by Crippen LogP contribution is 2.23. The van der Waals surface area contributed by atoms with Crippen molar-refractivity contribution in [3.05, 3.63) is 84.1 Å². The molecule has 0 atom stereocenters. The molecule has 4 rings (SSSR count). The number of carbonyl (C=O) groups excluding carboxylic acids is 1. The normalized spacial score (nSPS) is 10.9. The second-order valence-corrected chi connectivity index (χ2v) is 5.88. The molecule has 0 saturated carbocycles. The Labute approximate surface area is 144 Å². The molecule has 0 aliphatic heterocycles. The van der Waals surface area contributed by atoms with Crippen molar-refractivity contribution in [3.63, 3.8) is 0 Å². The smallest absolute Gasteiger partial charge is 0.272 e. The standard InChI is InChI=1S/C20H17N3O2/c1-14-10-16(15-6-3-2-4-7-15)11-17-12-19(22-23(14)17)20(24)21-13-18-8-5-9-25-18/h2-12H,13H2,1H3,(H,21,24).